The Balaban J connectivity index is 2.62. The van der Waals surface area contributed by atoms with Gasteiger partial charge in [-0.25, -0.2) is 9.59 Å². The molecule has 0 aromatic heterocycles. The van der Waals surface area contributed by atoms with Crippen molar-refractivity contribution >= 4 is 12.0 Å². The van der Waals surface area contributed by atoms with Gasteiger partial charge in [0.1, 0.15) is 5.54 Å². The number of hydrogen-bond donors (Lipinski definition) is 1. The summed E-state index contributed by atoms with van der Waals surface area (Å²) in [5, 5.41) is 10.2. The minimum Gasteiger partial charge on any atom is -0.504 e. The summed E-state index contributed by atoms with van der Waals surface area (Å²) >= 11 is 0. The Morgan fingerprint density at radius 1 is 1.40 bits per heavy atom. The van der Waals surface area contributed by atoms with E-state index in [0.29, 0.717) is 18.4 Å². The molecular formula is C14H15NO5. The third-order valence-corrected chi connectivity index (χ3v) is 3.66. The molecule has 0 heterocycles. The highest BCUT2D eigenvalue weighted by molar-refractivity contribution is 5.90. The van der Waals surface area contributed by atoms with E-state index in [1.54, 1.807) is 6.08 Å². The van der Waals surface area contributed by atoms with Crippen LogP contribution in [-0.2, 0) is 15.1 Å². The molecule has 0 saturated heterocycles. The lowest BCUT2D eigenvalue weighted by atomic mass is 9.71. The maximum atomic E-state index is 11.7. The number of esters is 1. The number of nitrogens with zero attached hydrogens (tertiary/aromatic N) is 1. The monoisotopic (exact) mass is 277 g/mol. The van der Waals surface area contributed by atoms with Gasteiger partial charge in [-0.05, 0) is 31.4 Å². The van der Waals surface area contributed by atoms with Crippen molar-refractivity contribution in [3.05, 3.63) is 23.3 Å². The molecule has 106 valence electrons. The summed E-state index contributed by atoms with van der Waals surface area (Å²) in [7, 11) is 2.65. The molecular weight excluding hydrogens is 262 g/mol. The summed E-state index contributed by atoms with van der Waals surface area (Å²) in [5.41, 5.74) is -0.181. The molecule has 1 fully saturated rings. The predicted molar refractivity (Wildman–Crippen MR) is 69.6 cm³/mol. The van der Waals surface area contributed by atoms with Crippen LogP contribution in [0.1, 0.15) is 35.2 Å². The zero-order valence-electron chi connectivity index (χ0n) is 11.3. The number of isocyanates is 1. The molecule has 0 spiro atoms. The number of ether oxygens (including phenoxy) is 2. The fourth-order valence-corrected chi connectivity index (χ4v) is 2.39. The largest absolute Gasteiger partial charge is 0.504 e. The first-order valence-electron chi connectivity index (χ1n) is 6.17. The summed E-state index contributed by atoms with van der Waals surface area (Å²) in [6.45, 7) is 0. The van der Waals surface area contributed by atoms with Gasteiger partial charge in [-0.1, -0.05) is 0 Å². The molecule has 20 heavy (non-hydrogen) atoms. The Labute approximate surface area is 116 Å². The third-order valence-electron chi connectivity index (χ3n) is 3.66. The van der Waals surface area contributed by atoms with Crippen LogP contribution in [0, 0.1) is 0 Å². The van der Waals surface area contributed by atoms with Gasteiger partial charge in [0.25, 0.3) is 0 Å². The van der Waals surface area contributed by atoms with Crippen LogP contribution in [0.3, 0.4) is 0 Å². The van der Waals surface area contributed by atoms with E-state index in [9.17, 15) is 14.7 Å². The second-order valence-electron chi connectivity index (χ2n) is 4.65. The normalized spacial score (nSPS) is 15.7. The third kappa shape index (κ3) is 2.14. The Bertz CT molecular complexity index is 585. The van der Waals surface area contributed by atoms with Gasteiger partial charge in [0.05, 0.1) is 19.8 Å². The average molecular weight is 277 g/mol. The van der Waals surface area contributed by atoms with Crippen molar-refractivity contribution in [2.75, 3.05) is 14.2 Å². The summed E-state index contributed by atoms with van der Waals surface area (Å²) in [6.07, 6.45) is 3.66. The highest BCUT2D eigenvalue weighted by Crippen LogP contribution is 2.50. The summed E-state index contributed by atoms with van der Waals surface area (Å²) in [6, 6.07) is 2.88. The van der Waals surface area contributed by atoms with E-state index in [2.05, 4.69) is 9.73 Å². The van der Waals surface area contributed by atoms with Crippen LogP contribution >= 0.6 is 0 Å². The topological polar surface area (TPSA) is 85.2 Å². The second-order valence-corrected chi connectivity index (χ2v) is 4.65. The lowest BCUT2D eigenvalue weighted by molar-refractivity contribution is 0.0600. The Morgan fingerprint density at radius 2 is 2.10 bits per heavy atom. The van der Waals surface area contributed by atoms with E-state index in [1.807, 2.05) is 0 Å². The Kier molecular flexibility index (Phi) is 3.77. The lowest BCUT2D eigenvalue weighted by Crippen LogP contribution is -2.32. The molecule has 0 radical (unpaired) electrons. The minimum atomic E-state index is -0.816. The SMILES string of the molecule is COC(=O)c1cc(OC)c(O)c(C2(N=C=O)CCC2)c1. The molecule has 1 aliphatic rings. The van der Waals surface area contributed by atoms with Crippen molar-refractivity contribution in [1.29, 1.82) is 0 Å². The molecule has 0 amide bonds. The van der Waals surface area contributed by atoms with Gasteiger partial charge in [-0.3, -0.25) is 0 Å². The number of hydrogen-bond acceptors (Lipinski definition) is 6. The van der Waals surface area contributed by atoms with Crippen LogP contribution in [0.25, 0.3) is 0 Å². The maximum Gasteiger partial charge on any atom is 0.337 e. The van der Waals surface area contributed by atoms with Crippen molar-refractivity contribution in [3.63, 3.8) is 0 Å². The van der Waals surface area contributed by atoms with E-state index in [-0.39, 0.29) is 17.1 Å². The molecule has 2 rings (SSSR count). The van der Waals surface area contributed by atoms with Gasteiger partial charge in [0.15, 0.2) is 11.5 Å². The average Bonchev–Trinajstić information content (AvgIpc) is 2.42. The molecule has 6 nitrogen and oxygen atoms in total. The number of aliphatic imine (C=N–C) groups is 1. The summed E-state index contributed by atoms with van der Waals surface area (Å²) in [4.78, 5) is 26.1. The molecule has 1 aromatic carbocycles. The van der Waals surface area contributed by atoms with Gasteiger partial charge in [-0.15, -0.1) is 0 Å². The van der Waals surface area contributed by atoms with E-state index < -0.39 is 11.5 Å². The maximum absolute atomic E-state index is 11.7. The van der Waals surface area contributed by atoms with Crippen LogP contribution in [0.5, 0.6) is 11.5 Å². The smallest absolute Gasteiger partial charge is 0.337 e. The first-order valence-corrected chi connectivity index (χ1v) is 6.17. The number of phenols is 1. The van der Waals surface area contributed by atoms with Crippen molar-refractivity contribution in [1.82, 2.24) is 0 Å². The van der Waals surface area contributed by atoms with Gasteiger partial charge in [0.2, 0.25) is 6.08 Å². The van der Waals surface area contributed by atoms with Crippen LogP contribution in [0.15, 0.2) is 17.1 Å². The number of rotatable bonds is 4. The van der Waals surface area contributed by atoms with Crippen LogP contribution in [0.4, 0.5) is 0 Å². The fourth-order valence-electron chi connectivity index (χ4n) is 2.39. The van der Waals surface area contributed by atoms with Crippen LogP contribution in [-0.4, -0.2) is 31.4 Å². The molecule has 0 atom stereocenters. The molecule has 0 unspecified atom stereocenters. The number of benzene rings is 1. The molecule has 1 N–H and O–H groups in total. The van der Waals surface area contributed by atoms with Crippen molar-refractivity contribution < 1.29 is 24.2 Å². The minimum absolute atomic E-state index is 0.112. The quantitative estimate of drug-likeness (QED) is 0.516. The number of methoxy groups -OCH3 is 2. The van der Waals surface area contributed by atoms with Crippen LogP contribution < -0.4 is 4.74 Å². The molecule has 1 aromatic rings. The zero-order chi connectivity index (χ0) is 14.8. The van der Waals surface area contributed by atoms with Crippen molar-refractivity contribution in [2.45, 2.75) is 24.8 Å². The fraction of sp³-hybridized carbons (Fsp3) is 0.429. The van der Waals surface area contributed by atoms with E-state index in [1.165, 1.54) is 26.4 Å². The van der Waals surface area contributed by atoms with Crippen molar-refractivity contribution in [2.24, 2.45) is 4.99 Å². The number of carbonyl (C=O) groups is 1. The summed E-state index contributed by atoms with van der Waals surface area (Å²) in [5.74, 6) is -0.511. The first kappa shape index (κ1) is 14.1. The molecule has 0 aliphatic heterocycles. The number of phenolic OH excluding ortho intramolecular Hbond substituents is 1. The number of aromatic hydroxyl groups is 1. The van der Waals surface area contributed by atoms with E-state index >= 15 is 0 Å². The Morgan fingerprint density at radius 3 is 2.55 bits per heavy atom. The number of carbonyl (C=O) groups excluding carboxylic acids is 2. The van der Waals surface area contributed by atoms with Gasteiger partial charge in [-0.2, -0.15) is 4.99 Å². The molecule has 6 heteroatoms. The predicted octanol–water partition coefficient (Wildman–Crippen LogP) is 1.90. The molecule has 0 bridgehead atoms. The van der Waals surface area contributed by atoms with E-state index in [4.69, 9.17) is 4.74 Å². The van der Waals surface area contributed by atoms with Crippen LogP contribution in [0.2, 0.25) is 0 Å². The Hall–Kier alpha value is -2.33. The summed E-state index contributed by atoms with van der Waals surface area (Å²) < 4.78 is 9.74. The highest BCUT2D eigenvalue weighted by Gasteiger charge is 2.42. The van der Waals surface area contributed by atoms with Gasteiger partial charge < -0.3 is 14.6 Å². The zero-order valence-corrected chi connectivity index (χ0v) is 11.3. The first-order chi connectivity index (χ1) is 9.57. The van der Waals surface area contributed by atoms with Gasteiger partial charge >= 0.3 is 5.97 Å². The lowest BCUT2D eigenvalue weighted by Gasteiger charge is -2.37. The molecule has 1 saturated carbocycles. The standard InChI is InChI=1S/C14H15NO5/c1-19-11-7-9(13(18)20-2)6-10(12(11)17)14(15-8-16)4-3-5-14/h6-7,17H,3-5H2,1-2H3. The van der Waals surface area contributed by atoms with Gasteiger partial charge in [0, 0.05) is 5.56 Å². The van der Waals surface area contributed by atoms with E-state index in [0.717, 1.165) is 6.42 Å². The highest BCUT2D eigenvalue weighted by atomic mass is 16.5. The molecule has 1 aliphatic carbocycles. The van der Waals surface area contributed by atoms with Crippen molar-refractivity contribution in [3.8, 4) is 11.5 Å². The second kappa shape index (κ2) is 5.35.